The number of anilines is 1. The number of hydrogen-bond acceptors (Lipinski definition) is 4. The number of nitrogens with one attached hydrogen (secondary N) is 1. The van der Waals surface area contributed by atoms with Crippen LogP contribution in [0.15, 0.2) is 22.7 Å². The molecule has 0 fully saturated rings. The van der Waals surface area contributed by atoms with Gasteiger partial charge in [0.2, 0.25) is 0 Å². The normalized spacial score (nSPS) is 12.7. The van der Waals surface area contributed by atoms with Gasteiger partial charge >= 0.3 is 6.01 Å². The molecule has 1 unspecified atom stereocenters. The molecule has 0 aliphatic heterocycles. The fourth-order valence-electron chi connectivity index (χ4n) is 1.64. The first-order valence-electron chi connectivity index (χ1n) is 6.02. The van der Waals surface area contributed by atoms with Gasteiger partial charge in [-0.15, -0.1) is 0 Å². The minimum atomic E-state index is -0.608. The topological polar surface area (TPSA) is 51.0 Å². The SMILES string of the molecule is CC(C)c1noc(NC(C)c2ccc(F)cc2F)n1. The van der Waals surface area contributed by atoms with Gasteiger partial charge in [-0.05, 0) is 13.0 Å². The second kappa shape index (κ2) is 5.34. The van der Waals surface area contributed by atoms with Crippen LogP contribution in [-0.4, -0.2) is 10.1 Å². The summed E-state index contributed by atoms with van der Waals surface area (Å²) in [6.07, 6.45) is 0. The van der Waals surface area contributed by atoms with Crippen LogP contribution in [0.5, 0.6) is 0 Å². The molecule has 6 heteroatoms. The van der Waals surface area contributed by atoms with Gasteiger partial charge in [-0.2, -0.15) is 4.98 Å². The van der Waals surface area contributed by atoms with E-state index in [0.29, 0.717) is 11.4 Å². The van der Waals surface area contributed by atoms with Crippen LogP contribution in [-0.2, 0) is 0 Å². The molecule has 0 bridgehead atoms. The number of benzene rings is 1. The maximum atomic E-state index is 13.6. The standard InChI is InChI=1S/C13H15F2N3O/c1-7(2)12-17-13(19-18-12)16-8(3)10-5-4-9(14)6-11(10)15/h4-8H,1-3H3,(H,16,17,18). The molecule has 4 nitrogen and oxygen atoms in total. The number of halogens is 2. The Morgan fingerprint density at radius 2 is 1.95 bits per heavy atom. The monoisotopic (exact) mass is 267 g/mol. The Morgan fingerprint density at radius 3 is 2.53 bits per heavy atom. The first kappa shape index (κ1) is 13.5. The molecule has 0 amide bonds. The van der Waals surface area contributed by atoms with Crippen molar-refractivity contribution in [3.8, 4) is 0 Å². The van der Waals surface area contributed by atoms with Crippen molar-refractivity contribution >= 4 is 6.01 Å². The molecule has 0 saturated heterocycles. The maximum absolute atomic E-state index is 13.6. The van der Waals surface area contributed by atoms with Crippen LogP contribution in [0.25, 0.3) is 0 Å². The summed E-state index contributed by atoms with van der Waals surface area (Å²) >= 11 is 0. The summed E-state index contributed by atoms with van der Waals surface area (Å²) in [5.74, 6) is -0.483. The number of nitrogens with zero attached hydrogens (tertiary/aromatic N) is 2. The molecule has 0 aliphatic rings. The van der Waals surface area contributed by atoms with Gasteiger partial charge in [0, 0.05) is 17.5 Å². The molecule has 19 heavy (non-hydrogen) atoms. The molecule has 1 heterocycles. The van der Waals surface area contributed by atoms with Gasteiger partial charge in [0.15, 0.2) is 5.82 Å². The van der Waals surface area contributed by atoms with Crippen LogP contribution in [0.1, 0.15) is 44.1 Å². The molecule has 0 saturated carbocycles. The van der Waals surface area contributed by atoms with Crippen molar-refractivity contribution in [3.05, 3.63) is 41.2 Å². The Bertz CT molecular complexity index is 569. The van der Waals surface area contributed by atoms with E-state index in [-0.39, 0.29) is 11.9 Å². The Labute approximate surface area is 109 Å². The predicted octanol–water partition coefficient (Wildman–Crippen LogP) is 3.64. The zero-order valence-corrected chi connectivity index (χ0v) is 10.9. The second-order valence-electron chi connectivity index (χ2n) is 4.64. The number of aromatic nitrogens is 2. The maximum Gasteiger partial charge on any atom is 0.321 e. The smallest absolute Gasteiger partial charge is 0.321 e. The van der Waals surface area contributed by atoms with E-state index in [9.17, 15) is 8.78 Å². The minimum absolute atomic E-state index is 0.150. The van der Waals surface area contributed by atoms with E-state index in [0.717, 1.165) is 6.07 Å². The molecule has 2 rings (SSSR count). The highest BCUT2D eigenvalue weighted by Gasteiger charge is 2.15. The number of hydrogen-bond donors (Lipinski definition) is 1. The summed E-state index contributed by atoms with van der Waals surface area (Å²) in [6.45, 7) is 5.62. The third-order valence-corrected chi connectivity index (χ3v) is 2.73. The van der Waals surface area contributed by atoms with Gasteiger partial charge in [-0.25, -0.2) is 8.78 Å². The zero-order chi connectivity index (χ0) is 14.0. The third kappa shape index (κ3) is 3.07. The van der Waals surface area contributed by atoms with Gasteiger partial charge < -0.3 is 9.84 Å². The van der Waals surface area contributed by atoms with Crippen LogP contribution in [0.4, 0.5) is 14.8 Å². The molecule has 1 aromatic heterocycles. The molecule has 2 aromatic rings. The molecule has 102 valence electrons. The van der Waals surface area contributed by atoms with Crippen molar-refractivity contribution in [1.82, 2.24) is 10.1 Å². The summed E-state index contributed by atoms with van der Waals surface area (Å²) in [7, 11) is 0. The third-order valence-electron chi connectivity index (χ3n) is 2.73. The van der Waals surface area contributed by atoms with E-state index in [2.05, 4.69) is 15.5 Å². The Morgan fingerprint density at radius 1 is 1.21 bits per heavy atom. The van der Waals surface area contributed by atoms with E-state index in [1.54, 1.807) is 6.92 Å². The fraction of sp³-hybridized carbons (Fsp3) is 0.385. The van der Waals surface area contributed by atoms with Crippen LogP contribution in [0.2, 0.25) is 0 Å². The van der Waals surface area contributed by atoms with Crippen molar-refractivity contribution in [2.24, 2.45) is 0 Å². The lowest BCUT2D eigenvalue weighted by molar-refractivity contribution is 0.416. The summed E-state index contributed by atoms with van der Waals surface area (Å²) in [5, 5.41) is 6.69. The van der Waals surface area contributed by atoms with E-state index < -0.39 is 17.7 Å². The average Bonchev–Trinajstić information content (AvgIpc) is 2.77. The highest BCUT2D eigenvalue weighted by molar-refractivity contribution is 5.30. The zero-order valence-electron chi connectivity index (χ0n) is 10.9. The summed E-state index contributed by atoms with van der Waals surface area (Å²) in [5.41, 5.74) is 0.339. The highest BCUT2D eigenvalue weighted by Crippen LogP contribution is 2.22. The van der Waals surface area contributed by atoms with E-state index >= 15 is 0 Å². The molecule has 0 radical (unpaired) electrons. The molecular formula is C13H15F2N3O. The lowest BCUT2D eigenvalue weighted by atomic mass is 10.1. The summed E-state index contributed by atoms with van der Waals surface area (Å²) < 4.78 is 31.4. The predicted molar refractivity (Wildman–Crippen MR) is 66.8 cm³/mol. The molecular weight excluding hydrogens is 252 g/mol. The molecule has 0 aliphatic carbocycles. The molecule has 0 spiro atoms. The lowest BCUT2D eigenvalue weighted by Crippen LogP contribution is -2.09. The fourth-order valence-corrected chi connectivity index (χ4v) is 1.64. The van der Waals surface area contributed by atoms with Crippen LogP contribution in [0.3, 0.4) is 0 Å². The Hall–Kier alpha value is -1.98. The van der Waals surface area contributed by atoms with Crippen molar-refractivity contribution in [3.63, 3.8) is 0 Å². The first-order valence-corrected chi connectivity index (χ1v) is 6.02. The van der Waals surface area contributed by atoms with Crippen molar-refractivity contribution in [1.29, 1.82) is 0 Å². The van der Waals surface area contributed by atoms with Gasteiger partial charge in [0.05, 0.1) is 6.04 Å². The largest absolute Gasteiger partial charge is 0.331 e. The van der Waals surface area contributed by atoms with Crippen LogP contribution < -0.4 is 5.32 Å². The van der Waals surface area contributed by atoms with Crippen molar-refractivity contribution < 1.29 is 13.3 Å². The van der Waals surface area contributed by atoms with E-state index in [1.807, 2.05) is 13.8 Å². The Balaban J connectivity index is 2.13. The van der Waals surface area contributed by atoms with Crippen molar-refractivity contribution in [2.75, 3.05) is 5.32 Å². The van der Waals surface area contributed by atoms with Gasteiger partial charge in [0.1, 0.15) is 11.6 Å². The molecule has 1 aromatic carbocycles. The average molecular weight is 267 g/mol. The minimum Gasteiger partial charge on any atom is -0.331 e. The number of rotatable bonds is 4. The van der Waals surface area contributed by atoms with Gasteiger partial charge in [-0.3, -0.25) is 0 Å². The van der Waals surface area contributed by atoms with E-state index in [1.165, 1.54) is 12.1 Å². The summed E-state index contributed by atoms with van der Waals surface area (Å²) in [6, 6.07) is 3.27. The molecule has 1 atom stereocenters. The quantitative estimate of drug-likeness (QED) is 0.918. The van der Waals surface area contributed by atoms with E-state index in [4.69, 9.17) is 4.52 Å². The van der Waals surface area contributed by atoms with Crippen molar-refractivity contribution in [2.45, 2.75) is 32.7 Å². The second-order valence-corrected chi connectivity index (χ2v) is 4.64. The van der Waals surface area contributed by atoms with Gasteiger partial charge in [-0.1, -0.05) is 25.1 Å². The lowest BCUT2D eigenvalue weighted by Gasteiger charge is -2.12. The van der Waals surface area contributed by atoms with Crippen LogP contribution >= 0.6 is 0 Å². The van der Waals surface area contributed by atoms with Crippen LogP contribution in [0, 0.1) is 11.6 Å². The summed E-state index contributed by atoms with van der Waals surface area (Å²) in [4.78, 5) is 4.14. The first-order chi connectivity index (χ1) is 8.97. The Kier molecular flexibility index (Phi) is 3.78. The highest BCUT2D eigenvalue weighted by atomic mass is 19.1. The molecule has 1 N–H and O–H groups in total. The van der Waals surface area contributed by atoms with Gasteiger partial charge in [0.25, 0.3) is 0 Å².